The first-order chi connectivity index (χ1) is 10.7. The van der Waals surface area contributed by atoms with Gasteiger partial charge in [0.15, 0.2) is 0 Å². The second-order valence-electron chi connectivity index (χ2n) is 4.54. The standard InChI is InChI=1S/C16H12N2O3S/c19-15(20)14-17-16(18-22-14)21-10-11-6-8-13(9-7-11)12-4-2-1-3-5-12/h1-9H,10H2,(H,19,20). The predicted molar refractivity (Wildman–Crippen MR) is 83.1 cm³/mol. The van der Waals surface area contributed by atoms with Gasteiger partial charge < -0.3 is 9.84 Å². The molecular formula is C16H12N2O3S. The third kappa shape index (κ3) is 3.29. The fourth-order valence-corrected chi connectivity index (χ4v) is 2.38. The van der Waals surface area contributed by atoms with Crippen LogP contribution in [-0.2, 0) is 6.61 Å². The van der Waals surface area contributed by atoms with Gasteiger partial charge in [0.25, 0.3) is 0 Å². The van der Waals surface area contributed by atoms with E-state index >= 15 is 0 Å². The van der Waals surface area contributed by atoms with Crippen LogP contribution in [0, 0.1) is 0 Å². The lowest BCUT2D eigenvalue weighted by Crippen LogP contribution is -1.98. The molecule has 1 heterocycles. The minimum absolute atomic E-state index is 0.0746. The highest BCUT2D eigenvalue weighted by Gasteiger charge is 2.11. The van der Waals surface area contributed by atoms with E-state index < -0.39 is 5.97 Å². The van der Waals surface area contributed by atoms with Crippen molar-refractivity contribution in [1.82, 2.24) is 9.36 Å². The quantitative estimate of drug-likeness (QED) is 0.781. The van der Waals surface area contributed by atoms with Crippen molar-refractivity contribution in [3.63, 3.8) is 0 Å². The Hall–Kier alpha value is -2.73. The maximum atomic E-state index is 10.7. The fraction of sp³-hybridized carbons (Fsp3) is 0.0625. The van der Waals surface area contributed by atoms with Crippen LogP contribution in [0.4, 0.5) is 0 Å². The Balaban J connectivity index is 1.65. The molecule has 0 saturated heterocycles. The number of hydrogen-bond acceptors (Lipinski definition) is 5. The average Bonchev–Trinajstić information content (AvgIpc) is 3.04. The van der Waals surface area contributed by atoms with Gasteiger partial charge in [-0.05, 0) is 28.2 Å². The Kier molecular flexibility index (Phi) is 4.11. The largest absolute Gasteiger partial charge is 0.476 e. The summed E-state index contributed by atoms with van der Waals surface area (Å²) in [6.07, 6.45) is 0. The summed E-state index contributed by atoms with van der Waals surface area (Å²) in [4.78, 5) is 14.5. The van der Waals surface area contributed by atoms with E-state index in [4.69, 9.17) is 9.84 Å². The van der Waals surface area contributed by atoms with Crippen LogP contribution >= 0.6 is 11.5 Å². The molecule has 0 amide bonds. The van der Waals surface area contributed by atoms with Crippen molar-refractivity contribution in [1.29, 1.82) is 0 Å². The molecule has 0 aliphatic heterocycles. The van der Waals surface area contributed by atoms with Crippen LogP contribution in [0.1, 0.15) is 15.4 Å². The molecular weight excluding hydrogens is 300 g/mol. The molecule has 0 saturated carbocycles. The summed E-state index contributed by atoms with van der Waals surface area (Å²) in [5, 5.41) is 8.70. The molecule has 1 N–H and O–H groups in total. The van der Waals surface area contributed by atoms with Crippen molar-refractivity contribution >= 4 is 17.5 Å². The molecule has 0 bridgehead atoms. The number of benzene rings is 2. The number of rotatable bonds is 5. The van der Waals surface area contributed by atoms with Crippen molar-refractivity contribution < 1.29 is 14.6 Å². The molecule has 1 aromatic heterocycles. The molecule has 3 aromatic rings. The molecule has 0 spiro atoms. The summed E-state index contributed by atoms with van der Waals surface area (Å²) in [6, 6.07) is 18.2. The lowest BCUT2D eigenvalue weighted by Gasteiger charge is -2.04. The molecule has 0 aliphatic rings. The van der Waals surface area contributed by atoms with Crippen molar-refractivity contribution in [3.8, 4) is 17.1 Å². The van der Waals surface area contributed by atoms with Crippen LogP contribution in [0.15, 0.2) is 54.6 Å². The third-order valence-electron chi connectivity index (χ3n) is 3.02. The normalized spacial score (nSPS) is 10.4. The lowest BCUT2D eigenvalue weighted by atomic mass is 10.0. The monoisotopic (exact) mass is 312 g/mol. The predicted octanol–water partition coefficient (Wildman–Crippen LogP) is 3.48. The number of carboxylic acid groups (broad SMARTS) is 1. The number of aromatic nitrogens is 2. The first-order valence-electron chi connectivity index (χ1n) is 6.56. The third-order valence-corrected chi connectivity index (χ3v) is 3.71. The maximum absolute atomic E-state index is 10.7. The molecule has 0 aliphatic carbocycles. The highest BCUT2D eigenvalue weighted by molar-refractivity contribution is 7.07. The molecule has 0 radical (unpaired) electrons. The fourth-order valence-electron chi connectivity index (χ4n) is 1.93. The number of carboxylic acids is 1. The second-order valence-corrected chi connectivity index (χ2v) is 5.29. The molecule has 6 heteroatoms. The van der Waals surface area contributed by atoms with Gasteiger partial charge in [-0.1, -0.05) is 54.6 Å². The number of aromatic carboxylic acids is 1. The zero-order chi connectivity index (χ0) is 15.4. The van der Waals surface area contributed by atoms with Crippen LogP contribution in [0.5, 0.6) is 6.01 Å². The van der Waals surface area contributed by atoms with Gasteiger partial charge in [0.05, 0.1) is 0 Å². The van der Waals surface area contributed by atoms with E-state index in [1.165, 1.54) is 0 Å². The number of hydrogen-bond donors (Lipinski definition) is 1. The molecule has 0 atom stereocenters. The van der Waals surface area contributed by atoms with E-state index in [0.29, 0.717) is 6.61 Å². The lowest BCUT2D eigenvalue weighted by molar-refractivity contribution is 0.0695. The zero-order valence-corrected chi connectivity index (χ0v) is 12.3. The van der Waals surface area contributed by atoms with Gasteiger partial charge in [0.2, 0.25) is 5.01 Å². The van der Waals surface area contributed by atoms with E-state index in [2.05, 4.69) is 21.5 Å². The van der Waals surface area contributed by atoms with Crippen LogP contribution in [0.2, 0.25) is 0 Å². The van der Waals surface area contributed by atoms with E-state index in [0.717, 1.165) is 28.2 Å². The molecule has 3 rings (SSSR count). The average molecular weight is 312 g/mol. The maximum Gasteiger partial charge on any atom is 0.366 e. The molecule has 110 valence electrons. The Bertz CT molecular complexity index is 770. The minimum atomic E-state index is -1.10. The molecule has 5 nitrogen and oxygen atoms in total. The molecule has 0 unspecified atom stereocenters. The van der Waals surface area contributed by atoms with Gasteiger partial charge in [-0.3, -0.25) is 0 Å². The van der Waals surface area contributed by atoms with Crippen LogP contribution in [-0.4, -0.2) is 20.4 Å². The molecule has 0 fully saturated rings. The van der Waals surface area contributed by atoms with Gasteiger partial charge in [-0.25, -0.2) is 4.79 Å². The Morgan fingerprint density at radius 2 is 1.73 bits per heavy atom. The summed E-state index contributed by atoms with van der Waals surface area (Å²) < 4.78 is 9.24. The van der Waals surface area contributed by atoms with Gasteiger partial charge in [0.1, 0.15) is 6.61 Å². The van der Waals surface area contributed by atoms with Crippen molar-refractivity contribution in [2.24, 2.45) is 0 Å². The first kappa shape index (κ1) is 14.2. The second kappa shape index (κ2) is 6.36. The first-order valence-corrected chi connectivity index (χ1v) is 7.34. The Labute approximate surface area is 131 Å². The highest BCUT2D eigenvalue weighted by Crippen LogP contribution is 2.20. The van der Waals surface area contributed by atoms with Crippen molar-refractivity contribution in [3.05, 3.63) is 65.2 Å². The van der Waals surface area contributed by atoms with Gasteiger partial charge in [0, 0.05) is 0 Å². The van der Waals surface area contributed by atoms with E-state index in [1.54, 1.807) is 0 Å². The number of ether oxygens (including phenoxy) is 1. The minimum Gasteiger partial charge on any atom is -0.476 e. The smallest absolute Gasteiger partial charge is 0.366 e. The summed E-state index contributed by atoms with van der Waals surface area (Å²) in [6.45, 7) is 0.296. The topological polar surface area (TPSA) is 72.3 Å². The summed E-state index contributed by atoms with van der Waals surface area (Å²) in [7, 11) is 0. The van der Waals surface area contributed by atoms with Crippen molar-refractivity contribution in [2.45, 2.75) is 6.61 Å². The Morgan fingerprint density at radius 1 is 1.05 bits per heavy atom. The Morgan fingerprint density at radius 3 is 2.36 bits per heavy atom. The molecule has 2 aromatic carbocycles. The highest BCUT2D eigenvalue weighted by atomic mass is 32.1. The van der Waals surface area contributed by atoms with E-state index in [-0.39, 0.29) is 11.0 Å². The van der Waals surface area contributed by atoms with E-state index in [1.807, 2.05) is 42.5 Å². The molecule has 22 heavy (non-hydrogen) atoms. The van der Waals surface area contributed by atoms with Crippen LogP contribution in [0.25, 0.3) is 11.1 Å². The van der Waals surface area contributed by atoms with Crippen LogP contribution in [0.3, 0.4) is 0 Å². The number of nitrogens with zero attached hydrogens (tertiary/aromatic N) is 2. The van der Waals surface area contributed by atoms with Crippen LogP contribution < -0.4 is 4.74 Å². The SMILES string of the molecule is O=C(O)c1nc(OCc2ccc(-c3ccccc3)cc2)ns1. The summed E-state index contributed by atoms with van der Waals surface area (Å²) >= 11 is 0.807. The zero-order valence-electron chi connectivity index (χ0n) is 11.5. The van der Waals surface area contributed by atoms with Crippen molar-refractivity contribution in [2.75, 3.05) is 0 Å². The van der Waals surface area contributed by atoms with E-state index in [9.17, 15) is 4.79 Å². The summed E-state index contributed by atoms with van der Waals surface area (Å²) in [5.74, 6) is -1.10. The van der Waals surface area contributed by atoms with Gasteiger partial charge in [-0.2, -0.15) is 4.98 Å². The van der Waals surface area contributed by atoms with Gasteiger partial charge >= 0.3 is 12.0 Å². The van der Waals surface area contributed by atoms with Gasteiger partial charge in [-0.15, -0.1) is 4.37 Å². The number of carbonyl (C=O) groups is 1. The summed E-state index contributed by atoms with van der Waals surface area (Å²) in [5.41, 5.74) is 3.25.